The van der Waals surface area contributed by atoms with Gasteiger partial charge in [-0.3, -0.25) is 13.9 Å². The molecule has 0 aromatic heterocycles. The normalized spacial score (nSPS) is 12.9. The summed E-state index contributed by atoms with van der Waals surface area (Å²) in [6, 6.07) is 18.6. The minimum absolute atomic E-state index is 0.0232. The van der Waals surface area contributed by atoms with Crippen LogP contribution in [0.5, 0.6) is 0 Å². The second-order valence-electron chi connectivity index (χ2n) is 10.3. The maximum atomic E-state index is 14.2. The Bertz CT molecular complexity index is 1480. The zero-order chi connectivity index (χ0) is 30.3. The van der Waals surface area contributed by atoms with Gasteiger partial charge in [0.15, 0.2) is 0 Å². The summed E-state index contributed by atoms with van der Waals surface area (Å²) in [6.45, 7) is 7.04. The van der Waals surface area contributed by atoms with Crippen LogP contribution in [0, 0.1) is 13.8 Å². The number of hydrogen-bond donors (Lipinski definition) is 1. The molecule has 3 aromatic carbocycles. The van der Waals surface area contributed by atoms with Crippen LogP contribution in [0.1, 0.15) is 42.5 Å². The van der Waals surface area contributed by atoms with Crippen molar-refractivity contribution in [3.05, 3.63) is 99.0 Å². The van der Waals surface area contributed by atoms with Gasteiger partial charge in [0.05, 0.1) is 11.9 Å². The summed E-state index contributed by atoms with van der Waals surface area (Å²) >= 11 is 12.6. The summed E-state index contributed by atoms with van der Waals surface area (Å²) in [6.07, 6.45) is 2.00. The highest BCUT2D eigenvalue weighted by atomic mass is 35.5. The van der Waals surface area contributed by atoms with Gasteiger partial charge in [0.25, 0.3) is 0 Å². The molecule has 0 bridgehead atoms. The average Bonchev–Trinajstić information content (AvgIpc) is 2.91. The monoisotopic (exact) mass is 617 g/mol. The second kappa shape index (κ2) is 14.2. The van der Waals surface area contributed by atoms with Gasteiger partial charge in [0, 0.05) is 29.1 Å². The number of benzene rings is 3. The Labute approximate surface area is 253 Å². The number of nitrogens with one attached hydrogen (secondary N) is 1. The Kier molecular flexibility index (Phi) is 11.2. The third kappa shape index (κ3) is 8.71. The summed E-state index contributed by atoms with van der Waals surface area (Å²) < 4.78 is 27.1. The number of nitrogens with zero attached hydrogens (tertiary/aromatic N) is 2. The number of hydrogen-bond acceptors (Lipinski definition) is 4. The zero-order valence-electron chi connectivity index (χ0n) is 24.0. The molecule has 220 valence electrons. The van der Waals surface area contributed by atoms with Crippen LogP contribution in [0.15, 0.2) is 66.7 Å². The Balaban J connectivity index is 2.12. The van der Waals surface area contributed by atoms with E-state index in [0.29, 0.717) is 27.7 Å². The fraction of sp³-hybridized carbons (Fsp3) is 0.355. The van der Waals surface area contributed by atoms with Crippen molar-refractivity contribution in [2.45, 2.75) is 59.2 Å². The zero-order valence-corrected chi connectivity index (χ0v) is 26.4. The molecule has 0 unspecified atom stereocenters. The molecular weight excluding hydrogens is 581 g/mol. The highest BCUT2D eigenvalue weighted by molar-refractivity contribution is 7.92. The minimum Gasteiger partial charge on any atom is -0.352 e. The molecule has 0 saturated heterocycles. The van der Waals surface area contributed by atoms with E-state index >= 15 is 0 Å². The van der Waals surface area contributed by atoms with Crippen molar-refractivity contribution in [3.8, 4) is 0 Å². The molecule has 41 heavy (non-hydrogen) atoms. The van der Waals surface area contributed by atoms with Crippen molar-refractivity contribution in [2.24, 2.45) is 0 Å². The Morgan fingerprint density at radius 2 is 1.66 bits per heavy atom. The predicted molar refractivity (Wildman–Crippen MR) is 167 cm³/mol. The quantitative estimate of drug-likeness (QED) is 0.273. The molecule has 10 heteroatoms. The highest BCUT2D eigenvalue weighted by Crippen LogP contribution is 2.27. The predicted octanol–water partition coefficient (Wildman–Crippen LogP) is 5.93. The van der Waals surface area contributed by atoms with Crippen molar-refractivity contribution in [1.29, 1.82) is 0 Å². The van der Waals surface area contributed by atoms with Crippen molar-refractivity contribution >= 4 is 50.7 Å². The first kappa shape index (κ1) is 32.4. The van der Waals surface area contributed by atoms with Gasteiger partial charge in [-0.15, -0.1) is 0 Å². The van der Waals surface area contributed by atoms with Gasteiger partial charge in [-0.1, -0.05) is 78.7 Å². The fourth-order valence-corrected chi connectivity index (χ4v) is 5.80. The fourth-order valence-electron chi connectivity index (χ4n) is 4.43. The number of carbonyl (C=O) groups excluding carboxylic acids is 2. The van der Waals surface area contributed by atoms with Crippen LogP contribution in [-0.4, -0.2) is 50.0 Å². The molecule has 3 aromatic rings. The van der Waals surface area contributed by atoms with E-state index in [4.69, 9.17) is 23.2 Å². The lowest BCUT2D eigenvalue weighted by molar-refractivity contribution is -0.140. The van der Waals surface area contributed by atoms with Crippen molar-refractivity contribution < 1.29 is 18.0 Å². The molecule has 0 heterocycles. The summed E-state index contributed by atoms with van der Waals surface area (Å²) in [5, 5.41) is 3.78. The molecule has 7 nitrogen and oxygen atoms in total. The molecule has 0 spiro atoms. The van der Waals surface area contributed by atoms with Crippen LogP contribution in [-0.2, 0) is 32.6 Å². The van der Waals surface area contributed by atoms with E-state index in [0.717, 1.165) is 27.3 Å². The van der Waals surface area contributed by atoms with E-state index in [1.807, 2.05) is 64.1 Å². The van der Waals surface area contributed by atoms with Crippen LogP contribution < -0.4 is 9.62 Å². The molecule has 2 atom stereocenters. The van der Waals surface area contributed by atoms with E-state index in [9.17, 15) is 18.0 Å². The molecule has 0 aliphatic heterocycles. The van der Waals surface area contributed by atoms with E-state index in [-0.39, 0.29) is 24.9 Å². The average molecular weight is 619 g/mol. The van der Waals surface area contributed by atoms with Gasteiger partial charge >= 0.3 is 0 Å². The number of halogens is 2. The number of sulfonamides is 1. The van der Waals surface area contributed by atoms with E-state index in [1.165, 1.54) is 4.90 Å². The lowest BCUT2D eigenvalue weighted by atomic mass is 10.0. The molecule has 0 saturated carbocycles. The third-order valence-electron chi connectivity index (χ3n) is 7.15. The van der Waals surface area contributed by atoms with E-state index < -0.39 is 28.5 Å². The molecule has 1 N–H and O–H groups in total. The van der Waals surface area contributed by atoms with Crippen LogP contribution in [0.2, 0.25) is 10.0 Å². The van der Waals surface area contributed by atoms with E-state index in [1.54, 1.807) is 30.3 Å². The highest BCUT2D eigenvalue weighted by Gasteiger charge is 2.34. The first-order valence-electron chi connectivity index (χ1n) is 13.4. The molecule has 0 aliphatic rings. The summed E-state index contributed by atoms with van der Waals surface area (Å²) in [5.41, 5.74) is 3.48. The number of amides is 2. The van der Waals surface area contributed by atoms with Crippen LogP contribution in [0.3, 0.4) is 0 Å². The van der Waals surface area contributed by atoms with Crippen molar-refractivity contribution in [1.82, 2.24) is 10.2 Å². The number of aryl methyl sites for hydroxylation is 1. The lowest BCUT2D eigenvalue weighted by Crippen LogP contribution is -2.54. The maximum Gasteiger partial charge on any atom is 0.244 e. The SMILES string of the molecule is CC[C@@H](C)NC(=O)[C@H](Cc1ccccc1)N(Cc1ccc(Cl)cc1Cl)C(=O)CN(c1cccc(C)c1C)S(C)(=O)=O. The Morgan fingerprint density at radius 3 is 2.27 bits per heavy atom. The topological polar surface area (TPSA) is 86.8 Å². The standard InChI is InChI=1S/C31H37Cl2N3O4S/c1-6-22(3)34-31(38)29(17-24-12-8-7-9-13-24)35(19-25-15-16-26(32)18-27(25)33)30(37)20-36(41(5,39)40)28-14-10-11-21(2)23(28)4/h7-16,18,22,29H,6,17,19-20H2,1-5H3,(H,34,38)/t22-,29+/m1/s1. The van der Waals surface area contributed by atoms with Gasteiger partial charge < -0.3 is 10.2 Å². The number of carbonyl (C=O) groups is 2. The maximum absolute atomic E-state index is 14.2. The van der Waals surface area contributed by atoms with Gasteiger partial charge in [0.1, 0.15) is 12.6 Å². The number of rotatable bonds is 12. The summed E-state index contributed by atoms with van der Waals surface area (Å²) in [7, 11) is -3.86. The van der Waals surface area contributed by atoms with Crippen LogP contribution >= 0.6 is 23.2 Å². The lowest BCUT2D eigenvalue weighted by Gasteiger charge is -2.34. The van der Waals surface area contributed by atoms with Gasteiger partial charge in [-0.2, -0.15) is 0 Å². The summed E-state index contributed by atoms with van der Waals surface area (Å²) in [5.74, 6) is -0.873. The van der Waals surface area contributed by atoms with Crippen LogP contribution in [0.4, 0.5) is 5.69 Å². The molecule has 3 rings (SSSR count). The van der Waals surface area contributed by atoms with Crippen molar-refractivity contribution in [2.75, 3.05) is 17.1 Å². The molecule has 0 radical (unpaired) electrons. The minimum atomic E-state index is -3.86. The third-order valence-corrected chi connectivity index (χ3v) is 8.87. The first-order chi connectivity index (χ1) is 19.3. The molecule has 0 fully saturated rings. The molecule has 0 aliphatic carbocycles. The Morgan fingerprint density at radius 1 is 0.976 bits per heavy atom. The van der Waals surface area contributed by atoms with Crippen molar-refractivity contribution in [3.63, 3.8) is 0 Å². The van der Waals surface area contributed by atoms with Crippen LogP contribution in [0.25, 0.3) is 0 Å². The second-order valence-corrected chi connectivity index (χ2v) is 13.0. The van der Waals surface area contributed by atoms with Gasteiger partial charge in [-0.05, 0) is 67.6 Å². The smallest absolute Gasteiger partial charge is 0.244 e. The Hall–Kier alpha value is -3.07. The van der Waals surface area contributed by atoms with Gasteiger partial charge in [0.2, 0.25) is 21.8 Å². The molecular formula is C31H37Cl2N3O4S. The first-order valence-corrected chi connectivity index (χ1v) is 16.0. The van der Waals surface area contributed by atoms with Gasteiger partial charge in [-0.25, -0.2) is 8.42 Å². The molecule has 2 amide bonds. The van der Waals surface area contributed by atoms with E-state index in [2.05, 4.69) is 5.32 Å². The largest absolute Gasteiger partial charge is 0.352 e. The number of anilines is 1. The summed E-state index contributed by atoms with van der Waals surface area (Å²) in [4.78, 5) is 29.4.